The van der Waals surface area contributed by atoms with E-state index in [9.17, 15) is 13.8 Å². The number of aliphatic carboxylic acids is 1. The van der Waals surface area contributed by atoms with Gasteiger partial charge in [-0.2, -0.15) is 0 Å². The average Bonchev–Trinajstić information content (AvgIpc) is 2.86. The lowest BCUT2D eigenvalue weighted by atomic mass is 10.1. The largest absolute Gasteiger partial charge is 0.480 e. The lowest BCUT2D eigenvalue weighted by Gasteiger charge is -2.10. The number of carboxylic acids is 1. The number of rotatable bonds is 5. The third kappa shape index (κ3) is 3.34. The van der Waals surface area contributed by atoms with Gasteiger partial charge >= 0.3 is 5.97 Å². The van der Waals surface area contributed by atoms with Gasteiger partial charge in [0, 0.05) is 11.0 Å². The highest BCUT2D eigenvalue weighted by Crippen LogP contribution is 2.36. The third-order valence-electron chi connectivity index (χ3n) is 2.53. The van der Waals surface area contributed by atoms with Crippen LogP contribution in [0.5, 0.6) is 5.75 Å². The molecule has 5 nitrogen and oxygen atoms in total. The molecule has 21 heavy (non-hydrogen) atoms. The Hall–Kier alpha value is -1.63. The van der Waals surface area contributed by atoms with Crippen molar-refractivity contribution < 1.29 is 23.6 Å². The van der Waals surface area contributed by atoms with Crippen molar-refractivity contribution >= 4 is 45.8 Å². The molecule has 1 atom stereocenters. The van der Waals surface area contributed by atoms with Crippen molar-refractivity contribution in [3.63, 3.8) is 0 Å². The zero-order valence-corrected chi connectivity index (χ0v) is 12.7. The molecule has 0 spiro atoms. The summed E-state index contributed by atoms with van der Waals surface area (Å²) in [4.78, 5) is 22.8. The number of ketones is 1. The van der Waals surface area contributed by atoms with Crippen LogP contribution in [0.3, 0.4) is 0 Å². The highest BCUT2D eigenvalue weighted by Gasteiger charge is 2.23. The summed E-state index contributed by atoms with van der Waals surface area (Å²) >= 11 is 12.0. The minimum absolute atomic E-state index is 0.0558. The zero-order valence-electron chi connectivity index (χ0n) is 10.3. The summed E-state index contributed by atoms with van der Waals surface area (Å²) in [6.07, 6.45) is 2.96. The quantitative estimate of drug-likeness (QED) is 0.829. The Balaban J connectivity index is 2.30. The summed E-state index contributed by atoms with van der Waals surface area (Å²) in [5.74, 6) is -1.62. The normalized spacial score (nSPS) is 16.7. The van der Waals surface area contributed by atoms with E-state index in [1.165, 1.54) is 29.7 Å². The van der Waals surface area contributed by atoms with Gasteiger partial charge in [-0.3, -0.25) is 4.79 Å². The maximum Gasteiger partial charge on any atom is 0.341 e. The van der Waals surface area contributed by atoms with Crippen molar-refractivity contribution in [3.8, 4) is 5.75 Å². The predicted molar refractivity (Wildman–Crippen MR) is 79.3 cm³/mol. The fourth-order valence-corrected chi connectivity index (χ4v) is 2.93. The van der Waals surface area contributed by atoms with Gasteiger partial charge in [-0.25, -0.2) is 9.00 Å². The summed E-state index contributed by atoms with van der Waals surface area (Å²) in [5, 5.41) is 9.79. The molecule has 1 aromatic rings. The second-order valence-corrected chi connectivity index (χ2v) is 5.97. The Kier molecular flexibility index (Phi) is 4.82. The van der Waals surface area contributed by atoms with Crippen LogP contribution in [0.25, 0.3) is 0 Å². The van der Waals surface area contributed by atoms with Gasteiger partial charge in [0.2, 0.25) is 5.78 Å². The Morgan fingerprint density at radius 2 is 1.95 bits per heavy atom. The van der Waals surface area contributed by atoms with Gasteiger partial charge in [-0.1, -0.05) is 29.3 Å². The summed E-state index contributed by atoms with van der Waals surface area (Å²) in [6, 6.07) is 2.69. The Bertz CT molecular complexity index is 709. The number of carbonyl (C=O) groups excluding carboxylic acids is 1. The van der Waals surface area contributed by atoms with Crippen LogP contribution < -0.4 is 4.74 Å². The van der Waals surface area contributed by atoms with Gasteiger partial charge in [0.25, 0.3) is 0 Å². The fraction of sp³-hybridized carbons (Fsp3) is 0.0769. The number of ether oxygens (including phenoxy) is 1. The van der Waals surface area contributed by atoms with Crippen LogP contribution in [0.2, 0.25) is 10.0 Å². The van der Waals surface area contributed by atoms with E-state index in [4.69, 9.17) is 33.0 Å². The van der Waals surface area contributed by atoms with Crippen molar-refractivity contribution in [1.82, 2.24) is 0 Å². The molecule has 2 rings (SSSR count). The molecule has 1 aliphatic rings. The molecular weight excluding hydrogens is 339 g/mol. The van der Waals surface area contributed by atoms with E-state index in [0.717, 1.165) is 0 Å². The topological polar surface area (TPSA) is 80.7 Å². The minimum atomic E-state index is -1.50. The minimum Gasteiger partial charge on any atom is -0.480 e. The maximum atomic E-state index is 12.2. The van der Waals surface area contributed by atoms with Gasteiger partial charge in [-0.05, 0) is 18.2 Å². The number of Topliss-reactive ketones (excluding diaryl/α,β-unsaturated/α-hetero) is 1. The van der Waals surface area contributed by atoms with Crippen molar-refractivity contribution in [2.45, 2.75) is 0 Å². The number of hydrogen-bond acceptors (Lipinski definition) is 4. The standard InChI is InChI=1S/C13H8Cl2O5S/c14-11-7(13(18)9-2-1-5-21(9)19)3-4-8(12(11)15)20-6-10(16)17/h1-5H,6H2,(H,16,17). The molecule has 1 aromatic carbocycles. The SMILES string of the molecule is O=C(O)COc1ccc(C(=O)C2=CC=CS2=O)c(Cl)c1Cl. The summed E-state index contributed by atoms with van der Waals surface area (Å²) in [5.41, 5.74) is 0.0765. The summed E-state index contributed by atoms with van der Waals surface area (Å²) in [7, 11) is -1.50. The first-order valence-electron chi connectivity index (χ1n) is 5.58. The number of hydrogen-bond donors (Lipinski definition) is 1. The number of allylic oxidation sites excluding steroid dienone is 3. The van der Waals surface area contributed by atoms with E-state index < -0.39 is 29.2 Å². The van der Waals surface area contributed by atoms with Crippen LogP contribution in [-0.2, 0) is 15.6 Å². The van der Waals surface area contributed by atoms with Crippen LogP contribution in [0.15, 0.2) is 34.6 Å². The Labute approximate surface area is 132 Å². The monoisotopic (exact) mass is 346 g/mol. The van der Waals surface area contributed by atoms with E-state index in [-0.39, 0.29) is 26.3 Å². The number of carboxylic acid groups (broad SMARTS) is 1. The smallest absolute Gasteiger partial charge is 0.341 e. The van der Waals surface area contributed by atoms with E-state index in [0.29, 0.717) is 0 Å². The molecule has 8 heteroatoms. The third-order valence-corrected chi connectivity index (χ3v) is 4.56. The molecule has 110 valence electrons. The first kappa shape index (κ1) is 15.8. The van der Waals surface area contributed by atoms with Crippen molar-refractivity contribution in [2.24, 2.45) is 0 Å². The van der Waals surface area contributed by atoms with E-state index in [1.54, 1.807) is 0 Å². The molecule has 0 amide bonds. The Morgan fingerprint density at radius 3 is 2.52 bits per heavy atom. The first-order chi connectivity index (χ1) is 9.91. The Morgan fingerprint density at radius 1 is 1.24 bits per heavy atom. The highest BCUT2D eigenvalue weighted by atomic mass is 35.5. The van der Waals surface area contributed by atoms with E-state index >= 15 is 0 Å². The van der Waals surface area contributed by atoms with Gasteiger partial charge in [0.05, 0.1) is 20.7 Å². The first-order valence-corrected chi connectivity index (χ1v) is 7.55. The molecule has 1 aliphatic heterocycles. The second-order valence-electron chi connectivity index (χ2n) is 3.91. The molecular formula is C13H8Cl2O5S. The highest BCUT2D eigenvalue weighted by molar-refractivity contribution is 7.93. The molecule has 0 bridgehead atoms. The van der Waals surface area contributed by atoms with Gasteiger partial charge < -0.3 is 9.84 Å². The summed E-state index contributed by atoms with van der Waals surface area (Å²) in [6.45, 7) is -0.581. The van der Waals surface area contributed by atoms with Gasteiger partial charge in [-0.15, -0.1) is 0 Å². The molecule has 0 aliphatic carbocycles. The number of halogens is 2. The van der Waals surface area contributed by atoms with Crippen LogP contribution in [0, 0.1) is 0 Å². The number of benzene rings is 1. The van der Waals surface area contributed by atoms with Crippen LogP contribution in [0.4, 0.5) is 0 Å². The molecule has 1 unspecified atom stereocenters. The fourth-order valence-electron chi connectivity index (χ4n) is 1.60. The van der Waals surface area contributed by atoms with Crippen LogP contribution in [-0.4, -0.2) is 27.7 Å². The van der Waals surface area contributed by atoms with E-state index in [2.05, 4.69) is 0 Å². The van der Waals surface area contributed by atoms with Crippen LogP contribution in [0.1, 0.15) is 10.4 Å². The maximum absolute atomic E-state index is 12.2. The average molecular weight is 347 g/mol. The molecule has 0 saturated heterocycles. The van der Waals surface area contributed by atoms with E-state index in [1.807, 2.05) is 0 Å². The molecule has 0 radical (unpaired) electrons. The van der Waals surface area contributed by atoms with Crippen LogP contribution >= 0.6 is 23.2 Å². The van der Waals surface area contributed by atoms with Crippen molar-refractivity contribution in [2.75, 3.05) is 6.61 Å². The molecule has 0 aromatic heterocycles. The zero-order chi connectivity index (χ0) is 15.6. The molecule has 1 heterocycles. The van der Waals surface area contributed by atoms with Gasteiger partial charge in [0.1, 0.15) is 10.8 Å². The lowest BCUT2D eigenvalue weighted by molar-refractivity contribution is -0.139. The lowest BCUT2D eigenvalue weighted by Crippen LogP contribution is -2.11. The predicted octanol–water partition coefficient (Wildman–Crippen LogP) is 2.80. The van der Waals surface area contributed by atoms with Crippen molar-refractivity contribution in [3.05, 3.63) is 50.2 Å². The molecule has 0 saturated carbocycles. The molecule has 1 N–H and O–H groups in total. The van der Waals surface area contributed by atoms with Gasteiger partial charge in [0.15, 0.2) is 6.61 Å². The second kappa shape index (κ2) is 6.43. The number of carbonyl (C=O) groups is 2. The van der Waals surface area contributed by atoms with Crippen molar-refractivity contribution in [1.29, 1.82) is 0 Å². The summed E-state index contributed by atoms with van der Waals surface area (Å²) < 4.78 is 16.5. The molecule has 0 fully saturated rings.